The maximum absolute atomic E-state index is 13.1. The van der Waals surface area contributed by atoms with Gasteiger partial charge in [0.2, 0.25) is 10.0 Å². The van der Waals surface area contributed by atoms with Crippen LogP contribution in [-0.2, 0) is 16.2 Å². The van der Waals surface area contributed by atoms with Gasteiger partial charge in [-0.1, -0.05) is 13.8 Å². The lowest BCUT2D eigenvalue weighted by Crippen LogP contribution is -2.39. The molecule has 1 aliphatic heterocycles. The van der Waals surface area contributed by atoms with Crippen molar-refractivity contribution in [3.8, 4) is 0 Å². The van der Waals surface area contributed by atoms with Crippen LogP contribution in [0.4, 0.5) is 18.9 Å². The number of nitrogens with zero attached hydrogens (tertiary/aromatic N) is 2. The predicted molar refractivity (Wildman–Crippen MR) is 104 cm³/mol. The minimum atomic E-state index is -4.55. The first kappa shape index (κ1) is 23.0. The zero-order chi connectivity index (χ0) is 20.9. The zero-order valence-electron chi connectivity index (χ0n) is 16.4. The summed E-state index contributed by atoms with van der Waals surface area (Å²) >= 11 is 0. The third kappa shape index (κ3) is 5.61. The molecule has 5 nitrogen and oxygen atoms in total. The number of aliphatic hydroxyl groups excluding tert-OH is 1. The summed E-state index contributed by atoms with van der Waals surface area (Å²) in [6.45, 7) is 6.18. The second-order valence-electron chi connectivity index (χ2n) is 7.16. The molecule has 0 saturated carbocycles. The molecule has 0 radical (unpaired) electrons. The predicted octanol–water partition coefficient (Wildman–Crippen LogP) is 3.79. The van der Waals surface area contributed by atoms with Crippen molar-refractivity contribution in [1.29, 1.82) is 0 Å². The van der Waals surface area contributed by atoms with Gasteiger partial charge in [-0.3, -0.25) is 4.31 Å². The van der Waals surface area contributed by atoms with Crippen LogP contribution in [0, 0.1) is 0 Å². The highest BCUT2D eigenvalue weighted by Crippen LogP contribution is 2.39. The van der Waals surface area contributed by atoms with E-state index in [0.717, 1.165) is 38.1 Å². The Morgan fingerprint density at radius 1 is 1.18 bits per heavy atom. The quantitative estimate of drug-likeness (QED) is 0.693. The third-order valence-corrected chi connectivity index (χ3v) is 6.65. The van der Waals surface area contributed by atoms with Gasteiger partial charge in [0, 0.05) is 18.7 Å². The van der Waals surface area contributed by atoms with Crippen molar-refractivity contribution in [3.05, 3.63) is 29.3 Å². The first-order chi connectivity index (χ1) is 13.1. The van der Waals surface area contributed by atoms with Crippen LogP contribution in [0.15, 0.2) is 18.2 Å². The SMILES string of the molecule is CCCN(CCC)CCS(=O)(=O)N1CCCC(O)c2cc(C(F)(F)F)ccc21. The third-order valence-electron chi connectivity index (χ3n) is 4.90. The Morgan fingerprint density at radius 3 is 2.39 bits per heavy atom. The van der Waals surface area contributed by atoms with Gasteiger partial charge in [0.1, 0.15) is 0 Å². The zero-order valence-corrected chi connectivity index (χ0v) is 17.2. The van der Waals surface area contributed by atoms with Crippen molar-refractivity contribution >= 4 is 15.7 Å². The molecule has 1 aliphatic rings. The molecule has 0 bridgehead atoms. The van der Waals surface area contributed by atoms with E-state index in [-0.39, 0.29) is 30.0 Å². The van der Waals surface area contributed by atoms with Crippen LogP contribution in [0.5, 0.6) is 0 Å². The van der Waals surface area contributed by atoms with Crippen molar-refractivity contribution in [1.82, 2.24) is 4.90 Å². The molecule has 1 heterocycles. The van der Waals surface area contributed by atoms with Crippen molar-refractivity contribution in [2.45, 2.75) is 51.8 Å². The number of halogens is 3. The number of benzene rings is 1. The summed E-state index contributed by atoms with van der Waals surface area (Å²) in [5.74, 6) is -0.108. The van der Waals surface area contributed by atoms with Crippen LogP contribution in [-0.4, -0.2) is 50.4 Å². The van der Waals surface area contributed by atoms with E-state index < -0.39 is 27.9 Å². The van der Waals surface area contributed by atoms with Gasteiger partial charge in [-0.05, 0) is 57.0 Å². The topological polar surface area (TPSA) is 60.9 Å². The average Bonchev–Trinajstić information content (AvgIpc) is 2.78. The average molecular weight is 423 g/mol. The van der Waals surface area contributed by atoms with Crippen molar-refractivity contribution in [3.63, 3.8) is 0 Å². The van der Waals surface area contributed by atoms with Gasteiger partial charge in [-0.25, -0.2) is 8.42 Å². The molecule has 0 spiro atoms. The van der Waals surface area contributed by atoms with E-state index in [1.165, 1.54) is 10.4 Å². The number of anilines is 1. The van der Waals surface area contributed by atoms with Gasteiger partial charge < -0.3 is 10.0 Å². The largest absolute Gasteiger partial charge is 0.416 e. The van der Waals surface area contributed by atoms with Gasteiger partial charge in [-0.2, -0.15) is 13.2 Å². The Labute approximate surface area is 165 Å². The maximum Gasteiger partial charge on any atom is 0.416 e. The van der Waals surface area contributed by atoms with Gasteiger partial charge in [0.25, 0.3) is 0 Å². The van der Waals surface area contributed by atoms with E-state index in [1.54, 1.807) is 0 Å². The Hall–Kier alpha value is -1.32. The Morgan fingerprint density at radius 2 is 1.82 bits per heavy atom. The molecule has 1 N–H and O–H groups in total. The molecule has 160 valence electrons. The number of rotatable bonds is 8. The summed E-state index contributed by atoms with van der Waals surface area (Å²) in [6.07, 6.45) is -3.24. The standard InChI is InChI=1S/C19H29F3N2O3S/c1-3-9-23(10-4-2)12-13-28(26,27)24-11-5-6-18(25)16-14-15(19(20,21)22)7-8-17(16)24/h7-8,14,18,25H,3-6,9-13H2,1-2H3. The van der Waals surface area contributed by atoms with Gasteiger partial charge >= 0.3 is 6.18 Å². The summed E-state index contributed by atoms with van der Waals surface area (Å²) in [5.41, 5.74) is -0.716. The molecular formula is C19H29F3N2O3S. The normalized spacial score (nSPS) is 18.2. The van der Waals surface area contributed by atoms with Crippen LogP contribution in [0.2, 0.25) is 0 Å². The summed E-state index contributed by atoms with van der Waals surface area (Å²) in [7, 11) is -3.72. The van der Waals surface area contributed by atoms with Gasteiger partial charge in [0.05, 0.1) is 23.1 Å². The molecule has 0 aromatic heterocycles. The minimum Gasteiger partial charge on any atom is -0.388 e. The van der Waals surface area contributed by atoms with Crippen molar-refractivity contribution < 1.29 is 26.7 Å². The van der Waals surface area contributed by atoms with Crippen LogP contribution in [0.3, 0.4) is 0 Å². The Balaban J connectivity index is 2.31. The first-order valence-corrected chi connectivity index (χ1v) is 11.3. The molecule has 1 atom stereocenters. The van der Waals surface area contributed by atoms with Crippen LogP contribution < -0.4 is 4.31 Å². The van der Waals surface area contributed by atoms with Crippen LogP contribution in [0.25, 0.3) is 0 Å². The molecule has 0 saturated heterocycles. The summed E-state index contributed by atoms with van der Waals surface area (Å²) in [5, 5.41) is 10.3. The fraction of sp³-hybridized carbons (Fsp3) is 0.684. The maximum atomic E-state index is 13.1. The smallest absolute Gasteiger partial charge is 0.388 e. The highest BCUT2D eigenvalue weighted by molar-refractivity contribution is 7.92. The highest BCUT2D eigenvalue weighted by Gasteiger charge is 2.35. The van der Waals surface area contributed by atoms with Crippen molar-refractivity contribution in [2.24, 2.45) is 0 Å². The molecule has 1 aromatic carbocycles. The summed E-state index contributed by atoms with van der Waals surface area (Å²) in [6, 6.07) is 2.91. The lowest BCUT2D eigenvalue weighted by atomic mass is 10.0. The molecular weight excluding hydrogens is 393 g/mol. The molecule has 1 aromatic rings. The van der Waals surface area contributed by atoms with Crippen LogP contribution >= 0.6 is 0 Å². The van der Waals surface area contributed by atoms with E-state index >= 15 is 0 Å². The molecule has 28 heavy (non-hydrogen) atoms. The van der Waals surface area contributed by atoms with E-state index in [2.05, 4.69) is 4.90 Å². The lowest BCUT2D eigenvalue weighted by molar-refractivity contribution is -0.137. The van der Waals surface area contributed by atoms with E-state index in [0.29, 0.717) is 13.0 Å². The fourth-order valence-electron chi connectivity index (χ4n) is 3.54. The summed E-state index contributed by atoms with van der Waals surface area (Å²) < 4.78 is 66.3. The number of fused-ring (bicyclic) bond motifs is 1. The molecule has 1 unspecified atom stereocenters. The number of alkyl halides is 3. The Bertz CT molecular complexity index is 747. The molecule has 0 amide bonds. The molecule has 9 heteroatoms. The van der Waals surface area contributed by atoms with E-state index in [4.69, 9.17) is 0 Å². The minimum absolute atomic E-state index is 0.0230. The monoisotopic (exact) mass is 422 g/mol. The number of aliphatic hydroxyl groups is 1. The van der Waals surface area contributed by atoms with Gasteiger partial charge in [-0.15, -0.1) is 0 Å². The van der Waals surface area contributed by atoms with Crippen molar-refractivity contribution in [2.75, 3.05) is 36.2 Å². The molecule has 0 fully saturated rings. The number of hydrogen-bond donors (Lipinski definition) is 1. The van der Waals surface area contributed by atoms with E-state index in [9.17, 15) is 26.7 Å². The fourth-order valence-corrected chi connectivity index (χ4v) is 5.12. The highest BCUT2D eigenvalue weighted by atomic mass is 32.2. The second-order valence-corrected chi connectivity index (χ2v) is 9.17. The number of hydrogen-bond acceptors (Lipinski definition) is 4. The first-order valence-electron chi connectivity index (χ1n) is 9.72. The van der Waals surface area contributed by atoms with Crippen LogP contribution in [0.1, 0.15) is 56.8 Å². The number of sulfonamides is 1. The van der Waals surface area contributed by atoms with Gasteiger partial charge in [0.15, 0.2) is 0 Å². The Kier molecular flexibility index (Phi) is 7.75. The van der Waals surface area contributed by atoms with E-state index in [1.807, 2.05) is 13.8 Å². The lowest BCUT2D eigenvalue weighted by Gasteiger charge is -2.27. The molecule has 0 aliphatic carbocycles. The molecule has 2 rings (SSSR count). The summed E-state index contributed by atoms with van der Waals surface area (Å²) in [4.78, 5) is 2.08. The second kappa shape index (κ2) is 9.45.